The number of imide groups is 1. The van der Waals surface area contributed by atoms with E-state index in [1.165, 1.54) is 4.90 Å². The number of fused-ring (bicyclic) bond motifs is 1. The molecule has 0 radical (unpaired) electrons. The van der Waals surface area contributed by atoms with Crippen LogP contribution >= 0.6 is 0 Å². The Morgan fingerprint density at radius 3 is 2.26 bits per heavy atom. The Labute approximate surface area is 159 Å². The van der Waals surface area contributed by atoms with E-state index in [9.17, 15) is 9.59 Å². The van der Waals surface area contributed by atoms with Gasteiger partial charge in [0.15, 0.2) is 0 Å². The molecule has 0 aromatic heterocycles. The lowest BCUT2D eigenvalue weighted by Crippen LogP contribution is -2.31. The highest BCUT2D eigenvalue weighted by molar-refractivity contribution is 6.21. The highest BCUT2D eigenvalue weighted by atomic mass is 16.5. The molecule has 1 aliphatic heterocycles. The monoisotopic (exact) mass is 368 g/mol. The Hall–Kier alpha value is -2.86. The molecule has 1 N–H and O–H groups in total. The van der Waals surface area contributed by atoms with Gasteiger partial charge < -0.3 is 14.8 Å². The van der Waals surface area contributed by atoms with Gasteiger partial charge in [-0.15, -0.1) is 0 Å². The Bertz CT molecular complexity index is 800. The van der Waals surface area contributed by atoms with E-state index in [4.69, 9.17) is 9.47 Å². The van der Waals surface area contributed by atoms with Crippen LogP contribution in [0.1, 0.15) is 39.1 Å². The predicted molar refractivity (Wildman–Crippen MR) is 102 cm³/mol. The van der Waals surface area contributed by atoms with Crippen LogP contribution in [0.2, 0.25) is 0 Å². The van der Waals surface area contributed by atoms with Crippen molar-refractivity contribution in [3.63, 3.8) is 0 Å². The second-order valence-electron chi connectivity index (χ2n) is 6.37. The summed E-state index contributed by atoms with van der Waals surface area (Å²) < 4.78 is 10.6. The number of unbranched alkanes of at least 4 members (excludes halogenated alkanes) is 1. The molecule has 0 bridgehead atoms. The molecular weight excluding hydrogens is 344 g/mol. The van der Waals surface area contributed by atoms with E-state index >= 15 is 0 Å². The first-order valence-corrected chi connectivity index (χ1v) is 9.02. The van der Waals surface area contributed by atoms with E-state index in [-0.39, 0.29) is 11.8 Å². The van der Waals surface area contributed by atoms with Gasteiger partial charge in [-0.25, -0.2) is 0 Å². The zero-order valence-electron chi connectivity index (χ0n) is 15.7. The fourth-order valence-electron chi connectivity index (χ4n) is 3.18. The molecular formula is C21H24N2O4. The standard InChI is InChI=1S/C21H24N2O4/c1-26-16-10-9-15(19(13-16)27-2)14-22-11-5-6-12-23-20(24)17-7-3-4-8-18(17)21(23)25/h3-4,7-10,13,22H,5-6,11-12,14H2,1-2H3. The molecule has 0 saturated heterocycles. The minimum atomic E-state index is -0.188. The second kappa shape index (κ2) is 8.68. The summed E-state index contributed by atoms with van der Waals surface area (Å²) in [7, 11) is 3.27. The number of amides is 2. The van der Waals surface area contributed by atoms with Crippen molar-refractivity contribution in [3.8, 4) is 11.5 Å². The number of carbonyl (C=O) groups is 2. The summed E-state index contributed by atoms with van der Waals surface area (Å²) in [6.45, 7) is 1.92. The number of nitrogens with zero attached hydrogens (tertiary/aromatic N) is 1. The van der Waals surface area contributed by atoms with Gasteiger partial charge in [0.2, 0.25) is 0 Å². The first kappa shape index (κ1) is 18.9. The van der Waals surface area contributed by atoms with Crippen molar-refractivity contribution in [1.82, 2.24) is 10.2 Å². The molecule has 6 nitrogen and oxygen atoms in total. The van der Waals surface area contributed by atoms with Gasteiger partial charge in [0.1, 0.15) is 11.5 Å². The smallest absolute Gasteiger partial charge is 0.261 e. The van der Waals surface area contributed by atoms with Crippen LogP contribution in [-0.2, 0) is 6.54 Å². The number of hydrogen-bond acceptors (Lipinski definition) is 5. The second-order valence-corrected chi connectivity index (χ2v) is 6.37. The molecule has 0 spiro atoms. The van der Waals surface area contributed by atoms with Crippen molar-refractivity contribution in [1.29, 1.82) is 0 Å². The number of benzene rings is 2. The summed E-state index contributed by atoms with van der Waals surface area (Å²) >= 11 is 0. The van der Waals surface area contributed by atoms with E-state index in [0.29, 0.717) is 24.2 Å². The molecule has 0 aliphatic carbocycles. The van der Waals surface area contributed by atoms with Crippen LogP contribution in [0.15, 0.2) is 42.5 Å². The molecule has 2 aromatic carbocycles. The van der Waals surface area contributed by atoms with Gasteiger partial charge in [-0.1, -0.05) is 18.2 Å². The van der Waals surface area contributed by atoms with E-state index < -0.39 is 0 Å². The maximum absolute atomic E-state index is 12.3. The maximum atomic E-state index is 12.3. The quantitative estimate of drug-likeness (QED) is 0.544. The largest absolute Gasteiger partial charge is 0.497 e. The van der Waals surface area contributed by atoms with E-state index in [1.54, 1.807) is 38.5 Å². The third kappa shape index (κ3) is 4.11. The number of nitrogens with one attached hydrogen (secondary N) is 1. The third-order valence-corrected chi connectivity index (χ3v) is 4.67. The van der Waals surface area contributed by atoms with Gasteiger partial charge in [-0.2, -0.15) is 0 Å². The SMILES string of the molecule is COc1ccc(CNCCCCN2C(=O)c3ccccc3C2=O)c(OC)c1. The zero-order valence-corrected chi connectivity index (χ0v) is 15.7. The molecule has 2 amide bonds. The van der Waals surface area contributed by atoms with Crippen LogP contribution in [-0.4, -0.2) is 44.0 Å². The molecule has 2 aromatic rings. The fourth-order valence-corrected chi connectivity index (χ4v) is 3.18. The van der Waals surface area contributed by atoms with Crippen LogP contribution in [0.5, 0.6) is 11.5 Å². The van der Waals surface area contributed by atoms with Crippen molar-refractivity contribution in [3.05, 3.63) is 59.2 Å². The van der Waals surface area contributed by atoms with Gasteiger partial charge in [0.05, 0.1) is 25.3 Å². The average molecular weight is 368 g/mol. The van der Waals surface area contributed by atoms with Crippen LogP contribution in [0.25, 0.3) is 0 Å². The van der Waals surface area contributed by atoms with Crippen molar-refractivity contribution < 1.29 is 19.1 Å². The summed E-state index contributed by atoms with van der Waals surface area (Å²) in [6, 6.07) is 12.7. The number of ether oxygens (including phenoxy) is 2. The maximum Gasteiger partial charge on any atom is 0.261 e. The molecule has 3 rings (SSSR count). The highest BCUT2D eigenvalue weighted by Crippen LogP contribution is 2.24. The van der Waals surface area contributed by atoms with E-state index in [2.05, 4.69) is 5.32 Å². The Kier molecular flexibility index (Phi) is 6.08. The predicted octanol–water partition coefficient (Wildman–Crippen LogP) is 2.87. The Morgan fingerprint density at radius 2 is 1.63 bits per heavy atom. The lowest BCUT2D eigenvalue weighted by atomic mass is 10.1. The number of carbonyl (C=O) groups excluding carboxylic acids is 2. The molecule has 1 aliphatic rings. The van der Waals surface area contributed by atoms with Gasteiger partial charge in [0.25, 0.3) is 11.8 Å². The van der Waals surface area contributed by atoms with Crippen LogP contribution in [0, 0.1) is 0 Å². The van der Waals surface area contributed by atoms with Gasteiger partial charge in [-0.3, -0.25) is 14.5 Å². The van der Waals surface area contributed by atoms with Gasteiger partial charge in [-0.05, 0) is 37.6 Å². The number of hydrogen-bond donors (Lipinski definition) is 1. The minimum Gasteiger partial charge on any atom is -0.497 e. The summed E-state index contributed by atoms with van der Waals surface area (Å²) in [5.74, 6) is 1.17. The topological polar surface area (TPSA) is 67.9 Å². The summed E-state index contributed by atoms with van der Waals surface area (Å²) in [5.41, 5.74) is 2.07. The average Bonchev–Trinajstić information content (AvgIpc) is 2.95. The van der Waals surface area contributed by atoms with Crippen LogP contribution in [0.3, 0.4) is 0 Å². The van der Waals surface area contributed by atoms with Gasteiger partial charge >= 0.3 is 0 Å². The first-order valence-electron chi connectivity index (χ1n) is 9.02. The molecule has 27 heavy (non-hydrogen) atoms. The Morgan fingerprint density at radius 1 is 0.926 bits per heavy atom. The fraction of sp³-hybridized carbons (Fsp3) is 0.333. The van der Waals surface area contributed by atoms with E-state index in [1.807, 2.05) is 18.2 Å². The van der Waals surface area contributed by atoms with Crippen molar-refractivity contribution in [2.75, 3.05) is 27.3 Å². The van der Waals surface area contributed by atoms with Crippen molar-refractivity contribution >= 4 is 11.8 Å². The van der Waals surface area contributed by atoms with Crippen LogP contribution in [0.4, 0.5) is 0 Å². The zero-order chi connectivity index (χ0) is 19.2. The molecule has 0 saturated carbocycles. The number of methoxy groups -OCH3 is 2. The van der Waals surface area contributed by atoms with Crippen LogP contribution < -0.4 is 14.8 Å². The van der Waals surface area contributed by atoms with Crippen molar-refractivity contribution in [2.45, 2.75) is 19.4 Å². The molecule has 0 unspecified atom stereocenters. The third-order valence-electron chi connectivity index (χ3n) is 4.67. The summed E-state index contributed by atoms with van der Waals surface area (Å²) in [4.78, 5) is 25.9. The van der Waals surface area contributed by atoms with Crippen molar-refractivity contribution in [2.24, 2.45) is 0 Å². The first-order chi connectivity index (χ1) is 13.2. The van der Waals surface area contributed by atoms with E-state index in [0.717, 1.165) is 36.4 Å². The minimum absolute atomic E-state index is 0.188. The molecule has 0 fully saturated rings. The molecule has 142 valence electrons. The summed E-state index contributed by atoms with van der Waals surface area (Å²) in [5, 5.41) is 3.37. The lowest BCUT2D eigenvalue weighted by Gasteiger charge is -2.14. The lowest BCUT2D eigenvalue weighted by molar-refractivity contribution is 0.0651. The number of rotatable bonds is 9. The molecule has 0 atom stereocenters. The summed E-state index contributed by atoms with van der Waals surface area (Å²) in [6.07, 6.45) is 1.63. The van der Waals surface area contributed by atoms with Gasteiger partial charge in [0, 0.05) is 24.7 Å². The highest BCUT2D eigenvalue weighted by Gasteiger charge is 2.34. The Balaban J connectivity index is 1.42. The molecule has 6 heteroatoms. The normalized spacial score (nSPS) is 13.0. The molecule has 1 heterocycles.